The highest BCUT2D eigenvalue weighted by Gasteiger charge is 2.55. The Morgan fingerprint density at radius 3 is 2.08 bits per heavy atom. The Hall–Kier alpha value is -2.08. The molecule has 2 bridgehead atoms. The number of rotatable bonds is 2. The van der Waals surface area contributed by atoms with Gasteiger partial charge in [0, 0.05) is 0 Å². The smallest absolute Gasteiger partial charge is 0.00531 e. The number of hydrogen-bond acceptors (Lipinski definition) is 0. The Kier molecular flexibility index (Phi) is 3.48. The molecule has 0 saturated heterocycles. The van der Waals surface area contributed by atoms with Crippen LogP contribution in [0.5, 0.6) is 0 Å². The summed E-state index contributed by atoms with van der Waals surface area (Å²) >= 11 is 0. The lowest BCUT2D eigenvalue weighted by Gasteiger charge is -2.39. The van der Waals surface area contributed by atoms with Crippen LogP contribution < -0.4 is 0 Å². The lowest BCUT2D eigenvalue weighted by Crippen LogP contribution is -2.30. The molecular weight excluding hydrogens is 300 g/mol. The molecule has 126 valence electrons. The standard InChI is InChI=1S/C25H26/c1-16-17(2)23-15-22(16)24(19-10-4-3-5-11-19)25(23)21-14-8-12-18-9-6-7-13-20(18)21/h3-14,16-17,22-25H,15H2,1-2H3. The summed E-state index contributed by atoms with van der Waals surface area (Å²) in [6, 6.07) is 27.2. The van der Waals surface area contributed by atoms with E-state index in [-0.39, 0.29) is 0 Å². The van der Waals surface area contributed by atoms with E-state index in [1.165, 1.54) is 17.2 Å². The highest BCUT2D eigenvalue weighted by molar-refractivity contribution is 5.86. The molecule has 0 heteroatoms. The molecule has 0 nitrogen and oxygen atoms in total. The predicted octanol–water partition coefficient (Wildman–Crippen LogP) is 6.63. The Balaban J connectivity index is 1.70. The Labute approximate surface area is 150 Å². The van der Waals surface area contributed by atoms with Crippen molar-refractivity contribution in [2.45, 2.75) is 32.1 Å². The lowest BCUT2D eigenvalue weighted by molar-refractivity contribution is 0.205. The molecule has 2 saturated carbocycles. The molecule has 0 amide bonds. The highest BCUT2D eigenvalue weighted by Crippen LogP contribution is 2.65. The fraction of sp³-hybridized carbons (Fsp3) is 0.360. The van der Waals surface area contributed by atoms with Crippen molar-refractivity contribution in [1.82, 2.24) is 0 Å². The highest BCUT2D eigenvalue weighted by atomic mass is 14.6. The number of benzene rings is 3. The molecule has 0 spiro atoms. The maximum atomic E-state index is 2.49. The van der Waals surface area contributed by atoms with Gasteiger partial charge in [-0.1, -0.05) is 86.6 Å². The van der Waals surface area contributed by atoms with Gasteiger partial charge < -0.3 is 0 Å². The third kappa shape index (κ3) is 2.20. The molecule has 6 atom stereocenters. The van der Waals surface area contributed by atoms with Crippen molar-refractivity contribution < 1.29 is 0 Å². The molecule has 0 N–H and O–H groups in total. The molecule has 0 heterocycles. The van der Waals surface area contributed by atoms with E-state index in [0.29, 0.717) is 11.8 Å². The average molecular weight is 326 g/mol. The minimum atomic E-state index is 0.657. The van der Waals surface area contributed by atoms with Gasteiger partial charge in [-0.2, -0.15) is 0 Å². The van der Waals surface area contributed by atoms with E-state index in [0.717, 1.165) is 23.7 Å². The second kappa shape index (κ2) is 5.73. The van der Waals surface area contributed by atoms with Crippen LogP contribution in [0.1, 0.15) is 43.2 Å². The Morgan fingerprint density at radius 1 is 0.640 bits per heavy atom. The van der Waals surface area contributed by atoms with Gasteiger partial charge in [0.2, 0.25) is 0 Å². The first-order chi connectivity index (χ1) is 12.3. The maximum Gasteiger partial charge on any atom is -0.00531 e. The van der Waals surface area contributed by atoms with Crippen molar-refractivity contribution in [3.8, 4) is 0 Å². The molecule has 3 aromatic rings. The summed E-state index contributed by atoms with van der Waals surface area (Å²) in [5.41, 5.74) is 3.13. The molecule has 2 fully saturated rings. The molecule has 0 aromatic heterocycles. The molecule has 2 aliphatic carbocycles. The van der Waals surface area contributed by atoms with Gasteiger partial charge in [-0.05, 0) is 63.8 Å². The van der Waals surface area contributed by atoms with E-state index in [2.05, 4.69) is 86.6 Å². The second-order valence-corrected chi connectivity index (χ2v) is 8.31. The van der Waals surface area contributed by atoms with Crippen LogP contribution in [0.15, 0.2) is 72.8 Å². The first-order valence-electron chi connectivity index (χ1n) is 9.78. The minimum absolute atomic E-state index is 0.657. The molecule has 3 aromatic carbocycles. The van der Waals surface area contributed by atoms with Gasteiger partial charge >= 0.3 is 0 Å². The second-order valence-electron chi connectivity index (χ2n) is 8.31. The molecule has 0 aliphatic heterocycles. The zero-order valence-corrected chi connectivity index (χ0v) is 15.1. The van der Waals surface area contributed by atoms with Gasteiger partial charge in [-0.3, -0.25) is 0 Å². The number of fused-ring (bicyclic) bond motifs is 3. The minimum Gasteiger partial charge on any atom is -0.0622 e. The summed E-state index contributed by atoms with van der Waals surface area (Å²) in [4.78, 5) is 0. The Morgan fingerprint density at radius 2 is 1.28 bits per heavy atom. The molecular formula is C25H26. The fourth-order valence-corrected chi connectivity index (χ4v) is 6.10. The van der Waals surface area contributed by atoms with Crippen LogP contribution in [0.3, 0.4) is 0 Å². The first kappa shape index (κ1) is 15.2. The number of hydrogen-bond donors (Lipinski definition) is 0. The predicted molar refractivity (Wildman–Crippen MR) is 106 cm³/mol. The summed E-state index contributed by atoms with van der Waals surface area (Å²) < 4.78 is 0. The first-order valence-corrected chi connectivity index (χ1v) is 9.78. The van der Waals surface area contributed by atoms with Crippen molar-refractivity contribution in [2.75, 3.05) is 0 Å². The van der Waals surface area contributed by atoms with Crippen LogP contribution in [0, 0.1) is 23.7 Å². The normalized spacial score (nSPS) is 33.8. The summed E-state index contributed by atoms with van der Waals surface area (Å²) in [6.07, 6.45) is 1.40. The van der Waals surface area contributed by atoms with Crippen molar-refractivity contribution in [2.24, 2.45) is 23.7 Å². The van der Waals surface area contributed by atoms with Gasteiger partial charge in [0.05, 0.1) is 0 Å². The van der Waals surface area contributed by atoms with Gasteiger partial charge in [0.1, 0.15) is 0 Å². The van der Waals surface area contributed by atoms with E-state index < -0.39 is 0 Å². The van der Waals surface area contributed by atoms with Crippen LogP contribution >= 0.6 is 0 Å². The van der Waals surface area contributed by atoms with Crippen LogP contribution in [0.4, 0.5) is 0 Å². The van der Waals surface area contributed by atoms with E-state index in [4.69, 9.17) is 0 Å². The van der Waals surface area contributed by atoms with Crippen LogP contribution in [0.25, 0.3) is 10.8 Å². The summed E-state index contributed by atoms with van der Waals surface area (Å²) in [7, 11) is 0. The van der Waals surface area contributed by atoms with Gasteiger partial charge in [0.25, 0.3) is 0 Å². The van der Waals surface area contributed by atoms with Gasteiger partial charge in [0.15, 0.2) is 0 Å². The van der Waals surface area contributed by atoms with Crippen molar-refractivity contribution in [3.05, 3.63) is 83.9 Å². The maximum absolute atomic E-state index is 2.49. The summed E-state index contributed by atoms with van der Waals surface area (Å²) in [6.45, 7) is 4.99. The third-order valence-electron chi connectivity index (χ3n) is 7.40. The van der Waals surface area contributed by atoms with Crippen molar-refractivity contribution in [3.63, 3.8) is 0 Å². The van der Waals surface area contributed by atoms with Crippen LogP contribution in [-0.4, -0.2) is 0 Å². The SMILES string of the molecule is CC1C(C)C2CC1C(c1ccccc1)C2c1cccc2ccccc12. The quantitative estimate of drug-likeness (QED) is 0.496. The summed E-state index contributed by atoms with van der Waals surface area (Å²) in [5.74, 6) is 4.63. The Bertz CT molecular complexity index is 889. The molecule has 6 unspecified atom stereocenters. The van der Waals surface area contributed by atoms with E-state index in [9.17, 15) is 0 Å². The van der Waals surface area contributed by atoms with Crippen molar-refractivity contribution in [1.29, 1.82) is 0 Å². The largest absolute Gasteiger partial charge is 0.0622 e. The van der Waals surface area contributed by atoms with E-state index >= 15 is 0 Å². The van der Waals surface area contributed by atoms with E-state index in [1.54, 1.807) is 11.1 Å². The third-order valence-corrected chi connectivity index (χ3v) is 7.40. The van der Waals surface area contributed by atoms with Gasteiger partial charge in [-0.15, -0.1) is 0 Å². The molecule has 5 rings (SSSR count). The average Bonchev–Trinajstić information content (AvgIpc) is 3.19. The molecule has 2 aliphatic rings. The van der Waals surface area contributed by atoms with Gasteiger partial charge in [-0.25, -0.2) is 0 Å². The van der Waals surface area contributed by atoms with E-state index in [1.807, 2.05) is 0 Å². The zero-order chi connectivity index (χ0) is 17.0. The van der Waals surface area contributed by atoms with Crippen LogP contribution in [-0.2, 0) is 0 Å². The fourth-order valence-electron chi connectivity index (χ4n) is 6.10. The zero-order valence-electron chi connectivity index (χ0n) is 15.1. The van der Waals surface area contributed by atoms with Crippen LogP contribution in [0.2, 0.25) is 0 Å². The summed E-state index contributed by atoms with van der Waals surface area (Å²) in [5, 5.41) is 2.85. The van der Waals surface area contributed by atoms with Crippen molar-refractivity contribution >= 4 is 10.8 Å². The lowest BCUT2D eigenvalue weighted by atomic mass is 9.64. The topological polar surface area (TPSA) is 0 Å². The molecule has 25 heavy (non-hydrogen) atoms. The monoisotopic (exact) mass is 326 g/mol. The molecule has 0 radical (unpaired) electrons.